The second-order valence-corrected chi connectivity index (χ2v) is 3.37. The Morgan fingerprint density at radius 1 is 1.47 bits per heavy atom. The zero-order chi connectivity index (χ0) is 13.3. The van der Waals surface area contributed by atoms with Crippen LogP contribution < -0.4 is 11.1 Å². The number of halogens is 1. The number of benzene rings is 1. The van der Waals surface area contributed by atoms with Gasteiger partial charge in [-0.05, 0) is 30.7 Å². The maximum Gasteiger partial charge on any atom is 0.241 e. The molecular weight excluding hydrogens is 240 g/mol. The minimum atomic E-state index is -0.467. The lowest BCUT2D eigenvalue weighted by Crippen LogP contribution is -2.05. The van der Waals surface area contributed by atoms with Gasteiger partial charge in [0.1, 0.15) is 6.29 Å². The van der Waals surface area contributed by atoms with Crippen LogP contribution in [0.15, 0.2) is 24.3 Å². The van der Waals surface area contributed by atoms with Gasteiger partial charge in [0.2, 0.25) is 5.91 Å². The number of nitrogens with one attached hydrogen (secondary N) is 1. The van der Waals surface area contributed by atoms with Crippen molar-refractivity contribution >= 4 is 35.6 Å². The molecule has 5 heteroatoms. The molecule has 1 aromatic rings. The smallest absolute Gasteiger partial charge is 0.241 e. The van der Waals surface area contributed by atoms with Crippen LogP contribution in [0, 0.1) is 0 Å². The molecule has 1 amide bonds. The van der Waals surface area contributed by atoms with E-state index in [2.05, 4.69) is 5.32 Å². The molecular formula is C12H15ClN2O2. The van der Waals surface area contributed by atoms with E-state index < -0.39 is 5.91 Å². The van der Waals surface area contributed by atoms with E-state index in [4.69, 9.17) is 22.1 Å². The van der Waals surface area contributed by atoms with Crippen LogP contribution in [0.5, 0.6) is 0 Å². The number of nitrogens with two attached hydrogens (primary N) is 1. The molecule has 0 unspecified atom stereocenters. The second-order valence-electron chi connectivity index (χ2n) is 2.96. The Kier molecular flexibility index (Phi) is 7.46. The zero-order valence-corrected chi connectivity index (χ0v) is 10.5. The summed E-state index contributed by atoms with van der Waals surface area (Å²) in [5.74, 6) is -0.467. The molecule has 0 spiro atoms. The molecule has 0 aliphatic carbocycles. The van der Waals surface area contributed by atoms with E-state index in [0.29, 0.717) is 5.02 Å². The highest BCUT2D eigenvalue weighted by molar-refractivity contribution is 6.33. The number of amides is 1. The van der Waals surface area contributed by atoms with Gasteiger partial charge in [-0.1, -0.05) is 17.7 Å². The second kappa shape index (κ2) is 8.35. The average molecular weight is 255 g/mol. The highest BCUT2D eigenvalue weighted by atomic mass is 35.5. The Morgan fingerprint density at radius 3 is 2.53 bits per heavy atom. The van der Waals surface area contributed by atoms with Gasteiger partial charge in [-0.15, -0.1) is 0 Å². The third-order valence-electron chi connectivity index (χ3n) is 1.70. The van der Waals surface area contributed by atoms with Crippen LogP contribution in [-0.4, -0.2) is 19.2 Å². The molecule has 3 N–H and O–H groups in total. The lowest BCUT2D eigenvalue weighted by atomic mass is 10.2. The third-order valence-corrected chi connectivity index (χ3v) is 2.03. The van der Waals surface area contributed by atoms with E-state index in [0.717, 1.165) is 17.5 Å². The predicted molar refractivity (Wildman–Crippen MR) is 71.0 cm³/mol. The monoisotopic (exact) mass is 254 g/mol. The van der Waals surface area contributed by atoms with Crippen molar-refractivity contribution in [1.29, 1.82) is 0 Å². The molecule has 0 aliphatic rings. The fraction of sp³-hybridized carbons (Fsp3) is 0.167. The van der Waals surface area contributed by atoms with Crippen molar-refractivity contribution in [3.05, 3.63) is 34.9 Å². The van der Waals surface area contributed by atoms with E-state index in [1.807, 2.05) is 12.1 Å². The minimum absolute atomic E-state index is 0.467. The third kappa shape index (κ3) is 6.37. The first-order valence-electron chi connectivity index (χ1n) is 4.89. The van der Waals surface area contributed by atoms with Gasteiger partial charge in [0.25, 0.3) is 0 Å². The van der Waals surface area contributed by atoms with Crippen LogP contribution in [0.25, 0.3) is 6.08 Å². The summed E-state index contributed by atoms with van der Waals surface area (Å²) in [7, 11) is 1.78. The van der Waals surface area contributed by atoms with Crippen LogP contribution in [0.3, 0.4) is 0 Å². The van der Waals surface area contributed by atoms with Gasteiger partial charge in [-0.3, -0.25) is 4.79 Å². The molecule has 0 atom stereocenters. The SMILES string of the molecule is CC=O.CNc1cc(/C=C/C(N)=O)ccc1Cl. The Bertz CT molecular complexity index is 417. The van der Waals surface area contributed by atoms with E-state index >= 15 is 0 Å². The lowest BCUT2D eigenvalue weighted by Gasteiger charge is -2.03. The molecule has 0 aromatic heterocycles. The Labute approximate surface area is 105 Å². The molecule has 0 radical (unpaired) electrons. The van der Waals surface area contributed by atoms with E-state index in [1.54, 1.807) is 19.2 Å². The first-order chi connectivity index (χ1) is 8.04. The first kappa shape index (κ1) is 15.2. The molecule has 0 aliphatic heterocycles. The van der Waals surface area contributed by atoms with Crippen LogP contribution in [0.1, 0.15) is 12.5 Å². The zero-order valence-electron chi connectivity index (χ0n) is 9.74. The Hall–Kier alpha value is -1.81. The highest BCUT2D eigenvalue weighted by Gasteiger charge is 1.97. The summed E-state index contributed by atoms with van der Waals surface area (Å²) >= 11 is 5.88. The normalized spacial score (nSPS) is 9.35. The number of aldehydes is 1. The maximum atomic E-state index is 10.5. The summed E-state index contributed by atoms with van der Waals surface area (Å²) in [5, 5.41) is 3.58. The Morgan fingerprint density at radius 2 is 2.06 bits per heavy atom. The number of carbonyl (C=O) groups excluding carboxylic acids is 2. The number of rotatable bonds is 3. The summed E-state index contributed by atoms with van der Waals surface area (Å²) in [5.41, 5.74) is 6.66. The lowest BCUT2D eigenvalue weighted by molar-refractivity contribution is -0.113. The largest absolute Gasteiger partial charge is 0.387 e. The molecule has 0 saturated carbocycles. The quantitative estimate of drug-likeness (QED) is 0.641. The average Bonchev–Trinajstić information content (AvgIpc) is 2.29. The molecule has 1 aromatic carbocycles. The van der Waals surface area contributed by atoms with Crippen LogP contribution >= 0.6 is 11.6 Å². The van der Waals surface area contributed by atoms with Gasteiger partial charge in [-0.25, -0.2) is 0 Å². The summed E-state index contributed by atoms with van der Waals surface area (Å²) in [6.07, 6.45) is 3.70. The number of hydrogen-bond donors (Lipinski definition) is 2. The van der Waals surface area contributed by atoms with Crippen molar-refractivity contribution < 1.29 is 9.59 Å². The van der Waals surface area contributed by atoms with E-state index in [9.17, 15) is 4.79 Å². The van der Waals surface area contributed by atoms with Gasteiger partial charge in [-0.2, -0.15) is 0 Å². The summed E-state index contributed by atoms with van der Waals surface area (Å²) in [6.45, 7) is 1.44. The molecule has 0 saturated heterocycles. The molecule has 0 heterocycles. The fourth-order valence-corrected chi connectivity index (χ4v) is 1.23. The number of anilines is 1. The topological polar surface area (TPSA) is 72.2 Å². The van der Waals surface area contributed by atoms with Crippen LogP contribution in [0.2, 0.25) is 5.02 Å². The summed E-state index contributed by atoms with van der Waals surface area (Å²) < 4.78 is 0. The van der Waals surface area contributed by atoms with Crippen molar-refractivity contribution in [3.8, 4) is 0 Å². The van der Waals surface area contributed by atoms with E-state index in [-0.39, 0.29) is 0 Å². The fourth-order valence-electron chi connectivity index (χ4n) is 1.02. The van der Waals surface area contributed by atoms with E-state index in [1.165, 1.54) is 13.0 Å². The number of hydrogen-bond acceptors (Lipinski definition) is 3. The first-order valence-corrected chi connectivity index (χ1v) is 5.27. The molecule has 1 rings (SSSR count). The molecule has 92 valence electrons. The maximum absolute atomic E-state index is 10.5. The van der Waals surface area contributed by atoms with Crippen molar-refractivity contribution in [1.82, 2.24) is 0 Å². The van der Waals surface area contributed by atoms with Crippen LogP contribution in [0.4, 0.5) is 5.69 Å². The highest BCUT2D eigenvalue weighted by Crippen LogP contribution is 2.22. The summed E-state index contributed by atoms with van der Waals surface area (Å²) in [6, 6.07) is 5.40. The standard InChI is InChI=1S/C10H11ClN2O.C2H4O/c1-13-9-6-7(2-4-8(9)11)3-5-10(12)14;1-2-3/h2-6,13H,1H3,(H2,12,14);2H,1H3/b5-3+;. The minimum Gasteiger partial charge on any atom is -0.387 e. The van der Waals surface area contributed by atoms with Crippen molar-refractivity contribution in [2.75, 3.05) is 12.4 Å². The van der Waals surface area contributed by atoms with Gasteiger partial charge < -0.3 is 15.8 Å². The molecule has 0 fully saturated rings. The predicted octanol–water partition coefficient (Wildman–Crippen LogP) is 2.09. The summed E-state index contributed by atoms with van der Waals surface area (Å²) in [4.78, 5) is 19.3. The number of primary amides is 1. The van der Waals surface area contributed by atoms with Crippen molar-refractivity contribution in [2.24, 2.45) is 5.73 Å². The number of carbonyl (C=O) groups is 2. The Balaban J connectivity index is 0.000000770. The molecule has 0 bridgehead atoms. The van der Waals surface area contributed by atoms with Crippen LogP contribution in [-0.2, 0) is 9.59 Å². The van der Waals surface area contributed by atoms with Gasteiger partial charge in [0.15, 0.2) is 0 Å². The van der Waals surface area contributed by atoms with Crippen molar-refractivity contribution in [3.63, 3.8) is 0 Å². The van der Waals surface area contributed by atoms with Gasteiger partial charge >= 0.3 is 0 Å². The van der Waals surface area contributed by atoms with Gasteiger partial charge in [0, 0.05) is 13.1 Å². The van der Waals surface area contributed by atoms with Crippen molar-refractivity contribution in [2.45, 2.75) is 6.92 Å². The molecule has 17 heavy (non-hydrogen) atoms. The van der Waals surface area contributed by atoms with Gasteiger partial charge in [0.05, 0.1) is 10.7 Å². The molecule has 4 nitrogen and oxygen atoms in total.